The molecule has 0 unspecified atom stereocenters. The number of carboxylic acid groups (broad SMARTS) is 1. The monoisotopic (exact) mass is 531 g/mol. The van der Waals surface area contributed by atoms with E-state index < -0.39 is 12.0 Å². The number of carbonyl (C=O) groups is 2. The van der Waals surface area contributed by atoms with Crippen LogP contribution in [0.15, 0.2) is 12.1 Å². The Balaban J connectivity index is 1.49. The fraction of sp³-hybridized carbons (Fsp3) is 0.759. The van der Waals surface area contributed by atoms with Crippen molar-refractivity contribution in [1.82, 2.24) is 20.1 Å². The van der Waals surface area contributed by atoms with Crippen molar-refractivity contribution in [3.63, 3.8) is 0 Å². The number of pyridine rings is 1. The highest BCUT2D eigenvalue weighted by molar-refractivity contribution is 5.82. The molecule has 214 valence electrons. The number of anilines is 1. The summed E-state index contributed by atoms with van der Waals surface area (Å²) in [5, 5.41) is 16.0. The van der Waals surface area contributed by atoms with Gasteiger partial charge < -0.3 is 30.3 Å². The van der Waals surface area contributed by atoms with Crippen LogP contribution in [-0.2, 0) is 22.4 Å². The Kier molecular flexibility index (Phi) is 12.1. The number of aliphatic carboxylic acids is 1. The highest BCUT2D eigenvalue weighted by atomic mass is 16.5. The van der Waals surface area contributed by atoms with E-state index in [1.807, 2.05) is 27.7 Å². The van der Waals surface area contributed by atoms with Crippen LogP contribution >= 0.6 is 0 Å². The minimum atomic E-state index is -0.997. The van der Waals surface area contributed by atoms with E-state index in [1.54, 1.807) is 4.90 Å². The highest BCUT2D eigenvalue weighted by Crippen LogP contribution is 2.28. The Labute approximate surface area is 228 Å². The third kappa shape index (κ3) is 10.1. The molecule has 1 aromatic rings. The molecule has 1 aliphatic carbocycles. The number of nitrogens with zero attached hydrogens (tertiary/aromatic N) is 3. The molecular weight excluding hydrogens is 482 g/mol. The number of aromatic nitrogens is 1. The first-order valence-corrected chi connectivity index (χ1v) is 14.6. The Morgan fingerprint density at radius 1 is 1.13 bits per heavy atom. The summed E-state index contributed by atoms with van der Waals surface area (Å²) in [6.07, 6.45) is 8.07. The fourth-order valence-electron chi connectivity index (χ4n) is 5.07. The Bertz CT molecular complexity index is 882. The Hall–Kier alpha value is -2.39. The maximum atomic E-state index is 12.8. The number of hydrogen-bond acceptors (Lipinski definition) is 6. The molecule has 38 heavy (non-hydrogen) atoms. The number of fused-ring (bicyclic) bond motifs is 1. The molecule has 3 N–H and O–H groups in total. The van der Waals surface area contributed by atoms with E-state index in [-0.39, 0.29) is 18.1 Å². The van der Waals surface area contributed by atoms with Crippen LogP contribution in [-0.4, -0.2) is 89.4 Å². The first-order valence-electron chi connectivity index (χ1n) is 14.6. The first-order chi connectivity index (χ1) is 18.2. The van der Waals surface area contributed by atoms with Gasteiger partial charge in [-0.05, 0) is 103 Å². The van der Waals surface area contributed by atoms with Crippen molar-refractivity contribution in [3.05, 3.63) is 23.4 Å². The van der Waals surface area contributed by atoms with E-state index in [9.17, 15) is 14.7 Å². The highest BCUT2D eigenvalue weighted by Gasteiger charge is 2.27. The van der Waals surface area contributed by atoms with Crippen molar-refractivity contribution < 1.29 is 19.4 Å². The predicted octanol–water partition coefficient (Wildman–Crippen LogP) is 4.16. The predicted molar refractivity (Wildman–Crippen MR) is 151 cm³/mol. The number of hydrogen-bond donors (Lipinski definition) is 3. The zero-order chi connectivity index (χ0) is 27.5. The standard InChI is InChI=1S/C29H49N5O4/c1-21(2)34(22(3)4)29(37)32-26(28(35)36)14-17-33(18-19-38-20-23-10-11-23)16-6-5-9-25-13-12-24-8-7-15-30-27(24)31-25/h12-13,21-23,26H,5-11,14-20H2,1-4H3,(H,30,31)(H,32,37)(H,35,36)/t26-/m0/s1. The second-order valence-electron chi connectivity index (χ2n) is 11.4. The molecule has 0 saturated heterocycles. The van der Waals surface area contributed by atoms with Gasteiger partial charge in [0, 0.05) is 44.0 Å². The number of rotatable bonds is 17. The van der Waals surface area contributed by atoms with E-state index in [1.165, 1.54) is 18.4 Å². The maximum absolute atomic E-state index is 12.8. The van der Waals surface area contributed by atoms with Crippen LogP contribution in [0.4, 0.5) is 10.6 Å². The number of carboxylic acids is 1. The number of aryl methyl sites for hydroxylation is 2. The minimum absolute atomic E-state index is 0.00931. The average molecular weight is 532 g/mol. The van der Waals surface area contributed by atoms with Gasteiger partial charge in [-0.3, -0.25) is 0 Å². The quantitative estimate of drug-likeness (QED) is 0.259. The Morgan fingerprint density at radius 2 is 1.89 bits per heavy atom. The number of ether oxygens (including phenoxy) is 1. The minimum Gasteiger partial charge on any atom is -0.480 e. The van der Waals surface area contributed by atoms with Crippen LogP contribution in [0, 0.1) is 5.92 Å². The molecular formula is C29H49N5O4. The van der Waals surface area contributed by atoms with Gasteiger partial charge >= 0.3 is 12.0 Å². The van der Waals surface area contributed by atoms with Crippen LogP contribution in [0.25, 0.3) is 0 Å². The van der Waals surface area contributed by atoms with Crippen LogP contribution in [0.1, 0.15) is 77.5 Å². The molecule has 9 nitrogen and oxygen atoms in total. The van der Waals surface area contributed by atoms with Crippen molar-refractivity contribution in [2.24, 2.45) is 5.92 Å². The summed E-state index contributed by atoms with van der Waals surface area (Å²) in [5.41, 5.74) is 2.42. The van der Waals surface area contributed by atoms with E-state index in [4.69, 9.17) is 9.72 Å². The summed E-state index contributed by atoms with van der Waals surface area (Å²) in [4.78, 5) is 33.6. The third-order valence-electron chi connectivity index (χ3n) is 7.39. The molecule has 1 aromatic heterocycles. The SMILES string of the molecule is CC(C)N(C(=O)N[C@@H](CCN(CCCCc1ccc2c(n1)NCCC2)CCOCC1CC1)C(=O)O)C(C)C. The van der Waals surface area contributed by atoms with Crippen molar-refractivity contribution in [2.75, 3.05) is 44.7 Å². The summed E-state index contributed by atoms with van der Waals surface area (Å²) in [5.74, 6) is 0.764. The molecule has 1 atom stereocenters. The lowest BCUT2D eigenvalue weighted by molar-refractivity contribution is -0.139. The summed E-state index contributed by atoms with van der Waals surface area (Å²) in [6.45, 7) is 12.4. The van der Waals surface area contributed by atoms with Crippen LogP contribution < -0.4 is 10.6 Å². The first kappa shape index (κ1) is 30.2. The van der Waals surface area contributed by atoms with E-state index in [0.717, 1.165) is 75.8 Å². The second-order valence-corrected chi connectivity index (χ2v) is 11.4. The normalized spacial score (nSPS) is 15.9. The second kappa shape index (κ2) is 15.3. The smallest absolute Gasteiger partial charge is 0.326 e. The molecule has 9 heteroatoms. The molecule has 2 aliphatic rings. The molecule has 0 bridgehead atoms. The summed E-state index contributed by atoms with van der Waals surface area (Å²) >= 11 is 0. The van der Waals surface area contributed by atoms with Gasteiger partial charge in [-0.2, -0.15) is 0 Å². The maximum Gasteiger partial charge on any atom is 0.326 e. The van der Waals surface area contributed by atoms with Crippen LogP contribution in [0.5, 0.6) is 0 Å². The van der Waals surface area contributed by atoms with Gasteiger partial charge in [0.05, 0.1) is 6.61 Å². The van der Waals surface area contributed by atoms with Crippen molar-refractivity contribution in [3.8, 4) is 0 Å². The van der Waals surface area contributed by atoms with Gasteiger partial charge in [0.15, 0.2) is 0 Å². The molecule has 1 fully saturated rings. The molecule has 1 saturated carbocycles. The van der Waals surface area contributed by atoms with Crippen molar-refractivity contribution in [2.45, 2.75) is 97.2 Å². The Morgan fingerprint density at radius 3 is 2.58 bits per heavy atom. The van der Waals surface area contributed by atoms with Crippen molar-refractivity contribution in [1.29, 1.82) is 0 Å². The molecule has 0 spiro atoms. The number of amides is 2. The summed E-state index contributed by atoms with van der Waals surface area (Å²) in [7, 11) is 0. The lowest BCUT2D eigenvalue weighted by Crippen LogP contribution is -2.53. The van der Waals surface area contributed by atoms with Gasteiger partial charge in [-0.1, -0.05) is 6.07 Å². The van der Waals surface area contributed by atoms with Crippen molar-refractivity contribution >= 4 is 17.8 Å². The van der Waals surface area contributed by atoms with Gasteiger partial charge in [0.1, 0.15) is 11.9 Å². The van der Waals surface area contributed by atoms with E-state index in [0.29, 0.717) is 19.6 Å². The van der Waals surface area contributed by atoms with Gasteiger partial charge in [0.2, 0.25) is 0 Å². The number of urea groups is 1. The molecule has 2 amide bonds. The number of unbranched alkanes of at least 4 members (excludes halogenated alkanes) is 1. The van der Waals surface area contributed by atoms with Gasteiger partial charge in [-0.25, -0.2) is 14.6 Å². The van der Waals surface area contributed by atoms with E-state index >= 15 is 0 Å². The zero-order valence-electron chi connectivity index (χ0n) is 23.9. The summed E-state index contributed by atoms with van der Waals surface area (Å²) in [6, 6.07) is 3.08. The lowest BCUT2D eigenvalue weighted by atomic mass is 10.1. The van der Waals surface area contributed by atoms with Gasteiger partial charge in [-0.15, -0.1) is 0 Å². The molecule has 1 aliphatic heterocycles. The van der Waals surface area contributed by atoms with Gasteiger partial charge in [0.25, 0.3) is 0 Å². The largest absolute Gasteiger partial charge is 0.480 e. The third-order valence-corrected chi connectivity index (χ3v) is 7.39. The molecule has 3 rings (SSSR count). The summed E-state index contributed by atoms with van der Waals surface area (Å²) < 4.78 is 5.87. The van der Waals surface area contributed by atoms with E-state index in [2.05, 4.69) is 27.7 Å². The van der Waals surface area contributed by atoms with Crippen LogP contribution in [0.3, 0.4) is 0 Å². The molecule has 0 radical (unpaired) electrons. The lowest BCUT2D eigenvalue weighted by Gasteiger charge is -2.32. The number of nitrogens with one attached hydrogen (secondary N) is 2. The molecule has 2 heterocycles. The molecule has 0 aromatic carbocycles. The fourth-order valence-corrected chi connectivity index (χ4v) is 5.07. The number of carbonyl (C=O) groups excluding carboxylic acids is 1. The topological polar surface area (TPSA) is 107 Å². The van der Waals surface area contributed by atoms with Crippen LogP contribution in [0.2, 0.25) is 0 Å². The zero-order valence-corrected chi connectivity index (χ0v) is 23.9. The average Bonchev–Trinajstić information content (AvgIpc) is 3.70.